The van der Waals surface area contributed by atoms with Crippen LogP contribution in [0.5, 0.6) is 0 Å². The fourth-order valence-electron chi connectivity index (χ4n) is 2.86. The van der Waals surface area contributed by atoms with Gasteiger partial charge >= 0.3 is 0 Å². The molecule has 2 aromatic rings. The summed E-state index contributed by atoms with van der Waals surface area (Å²) in [5, 5.41) is 37.0. The molecule has 33 heavy (non-hydrogen) atoms. The molecule has 1 fully saturated rings. The van der Waals surface area contributed by atoms with Crippen molar-refractivity contribution < 1.29 is 19.8 Å². The molecule has 7 N–H and O–H groups in total. The summed E-state index contributed by atoms with van der Waals surface area (Å²) in [5.74, 6) is -1.14. The normalized spacial score (nSPS) is 14.2. The van der Waals surface area contributed by atoms with Crippen molar-refractivity contribution in [2.45, 2.75) is 24.9 Å². The number of nitrogens with one attached hydrogen (secondary N) is 5. The average Bonchev–Trinajstić information content (AvgIpc) is 3.68. The number of carbonyl (C=O) groups excluding carboxylic acids is 2. The molecule has 0 aromatic carbocycles. The van der Waals surface area contributed by atoms with Gasteiger partial charge in [0.05, 0.1) is 42.2 Å². The third-order valence-electron chi connectivity index (χ3n) is 4.71. The Hall–Kier alpha value is -3.90. The highest BCUT2D eigenvalue weighted by Gasteiger charge is 2.27. The largest absolute Gasteiger partial charge is 0.394 e. The molecular formula is C21H26N8O4. The Morgan fingerprint density at radius 1 is 1.27 bits per heavy atom. The molecule has 1 atom stereocenters. The zero-order chi connectivity index (χ0) is 23.8. The Kier molecular flexibility index (Phi) is 8.00. The van der Waals surface area contributed by atoms with Gasteiger partial charge in [0.1, 0.15) is 12.0 Å². The topological polar surface area (TPSA) is 185 Å². The van der Waals surface area contributed by atoms with Crippen LogP contribution in [0.1, 0.15) is 34.9 Å². The second-order valence-corrected chi connectivity index (χ2v) is 7.38. The van der Waals surface area contributed by atoms with E-state index in [1.165, 1.54) is 12.5 Å². The van der Waals surface area contributed by atoms with Crippen LogP contribution in [0.3, 0.4) is 0 Å². The van der Waals surface area contributed by atoms with E-state index in [0.29, 0.717) is 17.3 Å². The number of amides is 2. The number of carbonyl (C=O) groups is 2. The molecule has 3 rings (SSSR count). The molecule has 0 spiro atoms. The highest BCUT2D eigenvalue weighted by molar-refractivity contribution is 6.44. The highest BCUT2D eigenvalue weighted by atomic mass is 16.3. The number of aliphatic hydroxyl groups is 2. The number of aliphatic hydroxyl groups excluding tert-OH is 2. The zero-order valence-electron chi connectivity index (χ0n) is 18.0. The molecule has 1 saturated carbocycles. The van der Waals surface area contributed by atoms with E-state index in [-0.39, 0.29) is 17.9 Å². The lowest BCUT2D eigenvalue weighted by Crippen LogP contribution is -2.41. The van der Waals surface area contributed by atoms with E-state index >= 15 is 0 Å². The quantitative estimate of drug-likeness (QED) is 0.225. The lowest BCUT2D eigenvalue weighted by molar-refractivity contribution is -0.115. The second-order valence-electron chi connectivity index (χ2n) is 7.38. The summed E-state index contributed by atoms with van der Waals surface area (Å²) in [6, 6.07) is 3.60. The van der Waals surface area contributed by atoms with Gasteiger partial charge in [-0.05, 0) is 25.0 Å². The molecule has 0 saturated heterocycles. The molecule has 12 heteroatoms. The molecule has 0 aliphatic heterocycles. The van der Waals surface area contributed by atoms with Crippen LogP contribution in [0.15, 0.2) is 42.8 Å². The number of hydrogen-bond acceptors (Lipinski definition) is 10. The summed E-state index contributed by atoms with van der Waals surface area (Å²) in [6.07, 6.45) is 6.64. The first-order valence-corrected chi connectivity index (χ1v) is 10.3. The van der Waals surface area contributed by atoms with E-state index in [9.17, 15) is 14.7 Å². The van der Waals surface area contributed by atoms with Crippen molar-refractivity contribution >= 4 is 28.9 Å². The van der Waals surface area contributed by atoms with Gasteiger partial charge in [0, 0.05) is 31.4 Å². The van der Waals surface area contributed by atoms with E-state index < -0.39 is 30.2 Å². The Labute approximate surface area is 190 Å². The molecule has 0 radical (unpaired) electrons. The molecule has 2 aromatic heterocycles. The molecule has 2 heterocycles. The maximum Gasteiger partial charge on any atom is 0.276 e. The maximum atomic E-state index is 13.2. The van der Waals surface area contributed by atoms with E-state index in [1.807, 2.05) is 6.07 Å². The van der Waals surface area contributed by atoms with Crippen molar-refractivity contribution in [2.24, 2.45) is 0 Å². The maximum absolute atomic E-state index is 13.2. The summed E-state index contributed by atoms with van der Waals surface area (Å²) in [4.78, 5) is 37.8. The predicted molar refractivity (Wildman–Crippen MR) is 120 cm³/mol. The Balaban J connectivity index is 1.81. The van der Waals surface area contributed by atoms with Gasteiger partial charge in [-0.2, -0.15) is 0 Å². The van der Waals surface area contributed by atoms with E-state index in [4.69, 9.17) is 10.5 Å². The van der Waals surface area contributed by atoms with Crippen molar-refractivity contribution in [3.8, 4) is 0 Å². The molecular weight excluding hydrogens is 428 g/mol. The van der Waals surface area contributed by atoms with Crippen LogP contribution >= 0.6 is 0 Å². The molecule has 174 valence electrons. The van der Waals surface area contributed by atoms with Gasteiger partial charge in [-0.25, -0.2) is 15.0 Å². The van der Waals surface area contributed by atoms with Crippen molar-refractivity contribution in [3.63, 3.8) is 0 Å². The zero-order valence-corrected chi connectivity index (χ0v) is 18.0. The van der Waals surface area contributed by atoms with Crippen LogP contribution < -0.4 is 21.3 Å². The number of rotatable bonds is 11. The van der Waals surface area contributed by atoms with Crippen LogP contribution in [-0.2, 0) is 4.79 Å². The summed E-state index contributed by atoms with van der Waals surface area (Å²) in [5.41, 5.74) is 1.23. The fourth-order valence-corrected chi connectivity index (χ4v) is 2.86. The molecule has 1 aliphatic carbocycles. The minimum Gasteiger partial charge on any atom is -0.394 e. The third-order valence-corrected chi connectivity index (χ3v) is 4.71. The van der Waals surface area contributed by atoms with Gasteiger partial charge in [-0.1, -0.05) is 0 Å². The number of hydrogen-bond donors (Lipinski definition) is 7. The van der Waals surface area contributed by atoms with Gasteiger partial charge in [0.2, 0.25) is 0 Å². The SMILES string of the molecule is CN/C=C(/NC(=O)c1nc(C2CC2)ccc1Nc1cncnc1)C(=N)C(=O)NCC(O)CO. The lowest BCUT2D eigenvalue weighted by Gasteiger charge is -2.15. The van der Waals surface area contributed by atoms with Gasteiger partial charge in [0.15, 0.2) is 5.69 Å². The van der Waals surface area contributed by atoms with Crippen LogP contribution in [0.2, 0.25) is 0 Å². The summed E-state index contributed by atoms with van der Waals surface area (Å²) < 4.78 is 0. The van der Waals surface area contributed by atoms with Crippen molar-refractivity contribution in [1.82, 2.24) is 30.9 Å². The van der Waals surface area contributed by atoms with E-state index in [0.717, 1.165) is 18.5 Å². The minimum absolute atomic E-state index is 0.0916. The van der Waals surface area contributed by atoms with Gasteiger partial charge < -0.3 is 31.5 Å². The number of anilines is 2. The third kappa shape index (κ3) is 6.54. The van der Waals surface area contributed by atoms with Crippen LogP contribution in [-0.4, -0.2) is 69.0 Å². The van der Waals surface area contributed by atoms with E-state index in [1.54, 1.807) is 25.5 Å². The minimum atomic E-state index is -1.15. The first-order chi connectivity index (χ1) is 15.9. The lowest BCUT2D eigenvalue weighted by atomic mass is 10.2. The number of nitrogens with zero attached hydrogens (tertiary/aromatic N) is 3. The number of aromatic nitrogens is 3. The van der Waals surface area contributed by atoms with Crippen LogP contribution in [0, 0.1) is 5.41 Å². The predicted octanol–water partition coefficient (Wildman–Crippen LogP) is -0.228. The van der Waals surface area contributed by atoms with Crippen molar-refractivity contribution in [3.05, 3.63) is 54.1 Å². The van der Waals surface area contributed by atoms with Gasteiger partial charge in [-0.15, -0.1) is 0 Å². The van der Waals surface area contributed by atoms with Crippen molar-refractivity contribution in [1.29, 1.82) is 5.41 Å². The van der Waals surface area contributed by atoms with Crippen molar-refractivity contribution in [2.75, 3.05) is 25.5 Å². The fraction of sp³-hybridized carbons (Fsp3) is 0.333. The molecule has 1 aliphatic rings. The summed E-state index contributed by atoms with van der Waals surface area (Å²) in [6.45, 7) is -0.772. The molecule has 0 bridgehead atoms. The second kappa shape index (κ2) is 11.1. The number of pyridine rings is 1. The average molecular weight is 454 g/mol. The highest BCUT2D eigenvalue weighted by Crippen LogP contribution is 2.39. The Morgan fingerprint density at radius 3 is 2.64 bits per heavy atom. The van der Waals surface area contributed by atoms with Crippen LogP contribution in [0.4, 0.5) is 11.4 Å². The monoisotopic (exact) mass is 454 g/mol. The van der Waals surface area contributed by atoms with Gasteiger partial charge in [-0.3, -0.25) is 15.0 Å². The first kappa shape index (κ1) is 23.8. The molecule has 1 unspecified atom stereocenters. The molecule has 2 amide bonds. The smallest absolute Gasteiger partial charge is 0.276 e. The molecule has 12 nitrogen and oxygen atoms in total. The van der Waals surface area contributed by atoms with Crippen LogP contribution in [0.25, 0.3) is 0 Å². The standard InChI is InChI=1S/C21H26N8O4/c1-23-9-17(18(22)20(32)26-8-14(31)10-30)29-21(33)19-16(27-13-6-24-11-25-7-13)5-4-15(28-19)12-2-3-12/h4-7,9,11-12,14,22-23,27,30-31H,2-3,8,10H2,1H3,(H,26,32)(H,29,33)/b17-9+,22-18?. The van der Waals surface area contributed by atoms with Gasteiger partial charge in [0.25, 0.3) is 11.8 Å². The van der Waals surface area contributed by atoms with E-state index in [2.05, 4.69) is 36.2 Å². The Bertz CT molecular complexity index is 1040. The summed E-state index contributed by atoms with van der Waals surface area (Å²) in [7, 11) is 1.56. The Morgan fingerprint density at radius 2 is 2.00 bits per heavy atom. The first-order valence-electron chi connectivity index (χ1n) is 10.3. The summed E-state index contributed by atoms with van der Waals surface area (Å²) >= 11 is 0.